The van der Waals surface area contributed by atoms with E-state index in [0.717, 1.165) is 50.6 Å². The molecular formula is C42H56N8O. The summed E-state index contributed by atoms with van der Waals surface area (Å²) in [6, 6.07) is 19.8. The Morgan fingerprint density at radius 1 is 0.980 bits per heavy atom. The Labute approximate surface area is 304 Å². The zero-order valence-electron chi connectivity index (χ0n) is 31.8. The zero-order valence-corrected chi connectivity index (χ0v) is 31.8. The second-order valence-electron chi connectivity index (χ2n) is 13.5. The molecule has 7 rings (SSSR count). The molecule has 0 saturated carbocycles. The summed E-state index contributed by atoms with van der Waals surface area (Å²) >= 11 is 0. The molecule has 2 bridgehead atoms. The number of hydrogen-bond acceptors (Lipinski definition) is 7. The van der Waals surface area contributed by atoms with Gasteiger partial charge in [-0.15, -0.1) is 0 Å². The number of benzene rings is 2. The molecular weight excluding hydrogens is 633 g/mol. The van der Waals surface area contributed by atoms with E-state index in [1.807, 2.05) is 93.9 Å². The molecule has 0 spiro atoms. The molecule has 2 unspecified atom stereocenters. The van der Waals surface area contributed by atoms with Gasteiger partial charge >= 0.3 is 0 Å². The molecule has 270 valence electrons. The molecule has 0 radical (unpaired) electrons. The van der Waals surface area contributed by atoms with E-state index in [4.69, 9.17) is 15.1 Å². The van der Waals surface area contributed by atoms with Crippen molar-refractivity contribution in [3.8, 4) is 11.3 Å². The molecule has 9 heteroatoms. The van der Waals surface area contributed by atoms with Crippen molar-refractivity contribution in [2.75, 3.05) is 36.2 Å². The second-order valence-corrected chi connectivity index (χ2v) is 13.5. The number of anilines is 3. The average molecular weight is 689 g/mol. The van der Waals surface area contributed by atoms with Gasteiger partial charge in [-0.1, -0.05) is 78.0 Å². The standard InChI is InChI=1S/C38H44N8O.2C2H6/c1-25(2)33-24-41-46-34(22-35(43-38(33)46)45-29-10-7-11-30(45)16-15-29)40-23-27-9-5-6-12-31(27)37-32-17-14-28(21-26(32)18-19-39-37)42-36(47)13-8-20-44(3)4;2*1-2/h5-6,8-9,12-14,17-19,21-22,24-25,29-30,40H,7,10-11,15-16,20,23H2,1-4H3,(H,42,47);2*1-2H3/b13-8+;;. The number of amides is 1. The van der Waals surface area contributed by atoms with Gasteiger partial charge in [0.2, 0.25) is 5.91 Å². The van der Waals surface area contributed by atoms with Crippen LogP contribution in [0.4, 0.5) is 17.3 Å². The van der Waals surface area contributed by atoms with Crippen LogP contribution in [0.2, 0.25) is 0 Å². The molecule has 2 aliphatic heterocycles. The first-order valence-corrected chi connectivity index (χ1v) is 18.9. The number of pyridine rings is 1. The molecule has 5 heterocycles. The Bertz CT molecular complexity index is 1930. The first-order valence-electron chi connectivity index (χ1n) is 18.9. The Balaban J connectivity index is 0.00000122. The van der Waals surface area contributed by atoms with E-state index in [1.54, 1.807) is 6.08 Å². The van der Waals surface area contributed by atoms with Crippen LogP contribution in [0.15, 0.2) is 79.1 Å². The minimum absolute atomic E-state index is 0.143. The SMILES string of the molecule is CC.CC.CC(C)c1cnn2c(NCc3ccccc3-c3nccc4cc(NC(=O)/C=C/CN(C)C)ccc34)cc(N3C4CCCC3CC4)nc12. The predicted octanol–water partition coefficient (Wildman–Crippen LogP) is 9.31. The number of likely N-dealkylation sites (N-methyl/N-ethyl adjacent to an activating group) is 1. The lowest BCUT2D eigenvalue weighted by atomic mass is 9.99. The van der Waals surface area contributed by atoms with Gasteiger partial charge in [0.1, 0.15) is 11.6 Å². The maximum absolute atomic E-state index is 12.5. The molecule has 5 aromatic rings. The topological polar surface area (TPSA) is 90.7 Å². The quantitative estimate of drug-likeness (QED) is 0.141. The van der Waals surface area contributed by atoms with Crippen LogP contribution in [-0.4, -0.2) is 63.1 Å². The average Bonchev–Trinajstić information content (AvgIpc) is 3.69. The van der Waals surface area contributed by atoms with Crippen molar-refractivity contribution in [3.05, 3.63) is 90.3 Å². The lowest BCUT2D eigenvalue weighted by molar-refractivity contribution is -0.111. The zero-order chi connectivity index (χ0) is 36.5. The number of carbonyl (C=O) groups excluding carboxylic acids is 1. The van der Waals surface area contributed by atoms with E-state index in [9.17, 15) is 4.79 Å². The summed E-state index contributed by atoms with van der Waals surface area (Å²) in [5, 5.41) is 13.6. The van der Waals surface area contributed by atoms with Crippen LogP contribution < -0.4 is 15.5 Å². The maximum atomic E-state index is 12.5. The Morgan fingerprint density at radius 2 is 1.73 bits per heavy atom. The van der Waals surface area contributed by atoms with Gasteiger partial charge in [0, 0.05) is 65.7 Å². The number of hydrogen-bond donors (Lipinski definition) is 2. The highest BCUT2D eigenvalue weighted by atomic mass is 16.1. The molecule has 2 fully saturated rings. The third-order valence-corrected chi connectivity index (χ3v) is 9.57. The van der Waals surface area contributed by atoms with Gasteiger partial charge in [0.15, 0.2) is 5.65 Å². The predicted molar refractivity (Wildman–Crippen MR) is 214 cm³/mol. The first-order chi connectivity index (χ1) is 24.9. The van der Waals surface area contributed by atoms with Gasteiger partial charge in [-0.05, 0) is 81.3 Å². The summed E-state index contributed by atoms with van der Waals surface area (Å²) in [5.41, 5.74) is 5.97. The number of nitrogens with one attached hydrogen (secondary N) is 2. The van der Waals surface area contributed by atoms with Gasteiger partial charge in [-0.2, -0.15) is 9.61 Å². The van der Waals surface area contributed by atoms with Crippen LogP contribution in [0.25, 0.3) is 27.7 Å². The van der Waals surface area contributed by atoms with Crippen molar-refractivity contribution in [2.24, 2.45) is 0 Å². The summed E-state index contributed by atoms with van der Waals surface area (Å²) < 4.78 is 1.97. The highest BCUT2D eigenvalue weighted by Gasteiger charge is 2.37. The van der Waals surface area contributed by atoms with Crippen molar-refractivity contribution in [3.63, 3.8) is 0 Å². The summed E-state index contributed by atoms with van der Waals surface area (Å²) in [4.78, 5) is 27.1. The van der Waals surface area contributed by atoms with Gasteiger partial charge in [0.25, 0.3) is 0 Å². The molecule has 0 aliphatic carbocycles. The number of piperidine rings is 1. The monoisotopic (exact) mass is 688 g/mol. The molecule has 2 aromatic carbocycles. The number of nitrogens with zero attached hydrogens (tertiary/aromatic N) is 6. The van der Waals surface area contributed by atoms with Gasteiger partial charge in [0.05, 0.1) is 11.9 Å². The third kappa shape index (κ3) is 8.42. The molecule has 9 nitrogen and oxygen atoms in total. The number of rotatable bonds is 10. The van der Waals surface area contributed by atoms with Gasteiger partial charge < -0.3 is 20.4 Å². The summed E-state index contributed by atoms with van der Waals surface area (Å²) in [6.45, 7) is 13.7. The lowest BCUT2D eigenvalue weighted by Gasteiger charge is -2.36. The van der Waals surface area contributed by atoms with Crippen molar-refractivity contribution < 1.29 is 4.79 Å². The molecule has 2 aliphatic rings. The Hall–Kier alpha value is -4.76. The molecule has 2 saturated heterocycles. The maximum Gasteiger partial charge on any atom is 0.248 e. The van der Waals surface area contributed by atoms with Crippen LogP contribution in [-0.2, 0) is 11.3 Å². The van der Waals surface area contributed by atoms with Crippen molar-refractivity contribution >= 4 is 39.6 Å². The van der Waals surface area contributed by atoms with Gasteiger partial charge in [-0.25, -0.2) is 4.98 Å². The molecule has 1 amide bonds. The third-order valence-electron chi connectivity index (χ3n) is 9.57. The molecule has 2 N–H and O–H groups in total. The van der Waals surface area contributed by atoms with Crippen molar-refractivity contribution in [2.45, 2.75) is 98.2 Å². The van der Waals surface area contributed by atoms with Crippen LogP contribution in [0.1, 0.15) is 90.7 Å². The second kappa shape index (κ2) is 17.4. The van der Waals surface area contributed by atoms with E-state index in [0.29, 0.717) is 31.1 Å². The molecule has 51 heavy (non-hydrogen) atoms. The van der Waals surface area contributed by atoms with E-state index in [-0.39, 0.29) is 5.91 Å². The van der Waals surface area contributed by atoms with Crippen LogP contribution in [0.3, 0.4) is 0 Å². The number of carbonyl (C=O) groups is 1. The fourth-order valence-electron chi connectivity index (χ4n) is 7.24. The Morgan fingerprint density at radius 3 is 2.45 bits per heavy atom. The largest absolute Gasteiger partial charge is 0.366 e. The first kappa shape index (κ1) is 37.5. The van der Waals surface area contributed by atoms with Crippen LogP contribution in [0.5, 0.6) is 0 Å². The van der Waals surface area contributed by atoms with Crippen LogP contribution in [0, 0.1) is 0 Å². The fraction of sp³-hybridized carbons (Fsp3) is 0.429. The van der Waals surface area contributed by atoms with Crippen molar-refractivity contribution in [1.29, 1.82) is 0 Å². The van der Waals surface area contributed by atoms with E-state index in [1.165, 1.54) is 37.7 Å². The van der Waals surface area contributed by atoms with E-state index < -0.39 is 0 Å². The van der Waals surface area contributed by atoms with Gasteiger partial charge in [-0.3, -0.25) is 9.78 Å². The smallest absolute Gasteiger partial charge is 0.248 e. The van der Waals surface area contributed by atoms with E-state index >= 15 is 0 Å². The normalized spacial score (nSPS) is 16.7. The summed E-state index contributed by atoms with van der Waals surface area (Å²) in [6.07, 6.45) is 13.6. The van der Waals surface area contributed by atoms with Crippen LogP contribution >= 0.6 is 0 Å². The summed E-state index contributed by atoms with van der Waals surface area (Å²) in [7, 11) is 3.94. The van der Waals surface area contributed by atoms with E-state index in [2.05, 4.69) is 59.7 Å². The highest BCUT2D eigenvalue weighted by molar-refractivity contribution is 6.02. The fourth-order valence-corrected chi connectivity index (χ4v) is 7.24. The Kier molecular flexibility index (Phi) is 12.8. The molecule has 3 aromatic heterocycles. The molecule has 2 atom stereocenters. The van der Waals surface area contributed by atoms with Crippen molar-refractivity contribution in [1.82, 2.24) is 24.5 Å². The minimum atomic E-state index is -0.143. The summed E-state index contributed by atoms with van der Waals surface area (Å²) in [5.74, 6) is 2.20. The lowest BCUT2D eigenvalue weighted by Crippen LogP contribution is -2.40. The minimum Gasteiger partial charge on any atom is -0.366 e. The highest BCUT2D eigenvalue weighted by Crippen LogP contribution is 2.40. The number of fused-ring (bicyclic) bond motifs is 4. The number of aromatic nitrogens is 4.